The lowest BCUT2D eigenvalue weighted by molar-refractivity contribution is -0.130. The van der Waals surface area contributed by atoms with E-state index in [9.17, 15) is 4.79 Å². The molecule has 0 aliphatic rings. The van der Waals surface area contributed by atoms with Crippen LogP contribution in [0.4, 0.5) is 0 Å². The van der Waals surface area contributed by atoms with Gasteiger partial charge >= 0.3 is 0 Å². The Hall–Kier alpha value is -1.07. The molecule has 0 saturated carbocycles. The summed E-state index contributed by atoms with van der Waals surface area (Å²) in [6, 6.07) is 1.89. The molecule has 98 valence electrons. The van der Waals surface area contributed by atoms with Crippen LogP contribution in [0.5, 0.6) is 0 Å². The molecule has 1 atom stereocenters. The van der Waals surface area contributed by atoms with Crippen molar-refractivity contribution in [3.63, 3.8) is 0 Å². The second-order valence-corrected chi connectivity index (χ2v) is 4.19. The number of hydrogen-bond donors (Lipinski definition) is 1. The third-order valence-electron chi connectivity index (χ3n) is 2.32. The van der Waals surface area contributed by atoms with Gasteiger partial charge in [0.15, 0.2) is 0 Å². The van der Waals surface area contributed by atoms with Crippen molar-refractivity contribution in [2.75, 3.05) is 7.05 Å². The average molecular weight is 262 g/mol. The first-order chi connectivity index (χ1) is 7.49. The van der Waals surface area contributed by atoms with Crippen LogP contribution in [0.3, 0.4) is 0 Å². The SMILES string of the molecule is Cc1cc(CN(C)C(=O)CCC(C)N)no1.Cl. The van der Waals surface area contributed by atoms with Gasteiger partial charge in [0.25, 0.3) is 0 Å². The maximum Gasteiger partial charge on any atom is 0.222 e. The minimum Gasteiger partial charge on any atom is -0.361 e. The summed E-state index contributed by atoms with van der Waals surface area (Å²) in [6.07, 6.45) is 1.19. The van der Waals surface area contributed by atoms with Crippen LogP contribution in [0.15, 0.2) is 10.6 Å². The standard InChI is InChI=1S/C11H19N3O2.ClH/c1-8(12)4-5-11(15)14(3)7-10-6-9(2)16-13-10;/h6,8H,4-5,7,12H2,1-3H3;1H. The number of halogens is 1. The summed E-state index contributed by atoms with van der Waals surface area (Å²) in [5.41, 5.74) is 6.37. The van der Waals surface area contributed by atoms with Gasteiger partial charge < -0.3 is 15.2 Å². The highest BCUT2D eigenvalue weighted by Crippen LogP contribution is 2.06. The van der Waals surface area contributed by atoms with E-state index in [1.807, 2.05) is 19.9 Å². The van der Waals surface area contributed by atoms with E-state index in [4.69, 9.17) is 10.3 Å². The zero-order chi connectivity index (χ0) is 12.1. The zero-order valence-electron chi connectivity index (χ0n) is 10.5. The Labute approximate surface area is 108 Å². The monoisotopic (exact) mass is 261 g/mol. The lowest BCUT2D eigenvalue weighted by Gasteiger charge is -2.16. The molecule has 0 radical (unpaired) electrons. The van der Waals surface area contributed by atoms with Crippen LogP contribution in [-0.4, -0.2) is 29.1 Å². The summed E-state index contributed by atoms with van der Waals surface area (Å²) < 4.78 is 4.94. The first kappa shape index (κ1) is 15.9. The summed E-state index contributed by atoms with van der Waals surface area (Å²) in [7, 11) is 1.76. The fourth-order valence-corrected chi connectivity index (χ4v) is 1.37. The summed E-state index contributed by atoms with van der Waals surface area (Å²) in [6.45, 7) is 4.21. The molecule has 5 nitrogen and oxygen atoms in total. The molecule has 0 aromatic carbocycles. The number of aryl methyl sites for hydroxylation is 1. The lowest BCUT2D eigenvalue weighted by Crippen LogP contribution is -2.28. The van der Waals surface area contributed by atoms with E-state index in [1.165, 1.54) is 0 Å². The number of amides is 1. The molecular weight excluding hydrogens is 242 g/mol. The number of nitrogens with two attached hydrogens (primary N) is 1. The Morgan fingerprint density at radius 1 is 1.65 bits per heavy atom. The predicted octanol–water partition coefficient (Wildman–Crippen LogP) is 1.49. The van der Waals surface area contributed by atoms with Crippen molar-refractivity contribution < 1.29 is 9.32 Å². The number of nitrogens with zero attached hydrogens (tertiary/aromatic N) is 2. The molecule has 0 bridgehead atoms. The highest BCUT2D eigenvalue weighted by molar-refractivity contribution is 5.85. The summed E-state index contributed by atoms with van der Waals surface area (Å²) in [5, 5.41) is 3.84. The predicted molar refractivity (Wildman–Crippen MR) is 67.8 cm³/mol. The molecule has 0 spiro atoms. The molecule has 6 heteroatoms. The van der Waals surface area contributed by atoms with Crippen molar-refractivity contribution in [2.24, 2.45) is 5.73 Å². The Bertz CT molecular complexity index is 352. The number of carbonyl (C=O) groups excluding carboxylic acids is 1. The van der Waals surface area contributed by atoms with Crippen LogP contribution < -0.4 is 5.73 Å². The van der Waals surface area contributed by atoms with E-state index in [1.54, 1.807) is 11.9 Å². The largest absolute Gasteiger partial charge is 0.361 e. The fraction of sp³-hybridized carbons (Fsp3) is 0.636. The van der Waals surface area contributed by atoms with E-state index in [0.29, 0.717) is 19.4 Å². The van der Waals surface area contributed by atoms with E-state index in [0.717, 1.165) is 11.5 Å². The summed E-state index contributed by atoms with van der Waals surface area (Å²) in [4.78, 5) is 13.3. The van der Waals surface area contributed by atoms with E-state index in [2.05, 4.69) is 5.16 Å². The van der Waals surface area contributed by atoms with Crippen molar-refractivity contribution in [2.45, 2.75) is 39.3 Å². The van der Waals surface area contributed by atoms with Gasteiger partial charge in [0, 0.05) is 25.6 Å². The first-order valence-electron chi connectivity index (χ1n) is 5.40. The van der Waals surface area contributed by atoms with Gasteiger partial charge in [-0.25, -0.2) is 0 Å². The van der Waals surface area contributed by atoms with Crippen molar-refractivity contribution in [1.29, 1.82) is 0 Å². The normalized spacial score (nSPS) is 11.8. The Morgan fingerprint density at radius 2 is 2.29 bits per heavy atom. The Morgan fingerprint density at radius 3 is 2.76 bits per heavy atom. The molecule has 0 fully saturated rings. The van der Waals surface area contributed by atoms with Gasteiger partial charge in [-0.1, -0.05) is 5.16 Å². The highest BCUT2D eigenvalue weighted by atomic mass is 35.5. The molecule has 1 aromatic heterocycles. The maximum atomic E-state index is 11.7. The highest BCUT2D eigenvalue weighted by Gasteiger charge is 2.11. The van der Waals surface area contributed by atoms with Crippen molar-refractivity contribution in [1.82, 2.24) is 10.1 Å². The molecule has 17 heavy (non-hydrogen) atoms. The average Bonchev–Trinajstić information content (AvgIpc) is 2.60. The van der Waals surface area contributed by atoms with Crippen molar-refractivity contribution >= 4 is 18.3 Å². The molecular formula is C11H20ClN3O2. The van der Waals surface area contributed by atoms with Crippen LogP contribution >= 0.6 is 12.4 Å². The lowest BCUT2D eigenvalue weighted by atomic mass is 10.2. The molecule has 0 aliphatic carbocycles. The van der Waals surface area contributed by atoms with Gasteiger partial charge in [-0.2, -0.15) is 0 Å². The number of hydrogen-bond acceptors (Lipinski definition) is 4. The van der Waals surface area contributed by atoms with Crippen molar-refractivity contribution in [3.8, 4) is 0 Å². The molecule has 0 aliphatic heterocycles. The minimum atomic E-state index is 0. The number of rotatable bonds is 5. The third-order valence-corrected chi connectivity index (χ3v) is 2.32. The van der Waals surface area contributed by atoms with E-state index in [-0.39, 0.29) is 24.4 Å². The molecule has 1 aromatic rings. The topological polar surface area (TPSA) is 72.4 Å². The summed E-state index contributed by atoms with van der Waals surface area (Å²) in [5.74, 6) is 0.837. The van der Waals surface area contributed by atoms with Gasteiger partial charge in [-0.05, 0) is 20.3 Å². The quantitative estimate of drug-likeness (QED) is 0.872. The first-order valence-corrected chi connectivity index (χ1v) is 5.40. The van der Waals surface area contributed by atoms with Crippen molar-refractivity contribution in [3.05, 3.63) is 17.5 Å². The number of aromatic nitrogens is 1. The molecule has 1 heterocycles. The Balaban J connectivity index is 0.00000256. The Kier molecular flexibility index (Phi) is 6.83. The molecule has 0 saturated heterocycles. The summed E-state index contributed by atoms with van der Waals surface area (Å²) >= 11 is 0. The van der Waals surface area contributed by atoms with E-state index >= 15 is 0 Å². The van der Waals surface area contributed by atoms with E-state index < -0.39 is 0 Å². The van der Waals surface area contributed by atoms with Crippen LogP contribution in [0.1, 0.15) is 31.2 Å². The van der Waals surface area contributed by atoms with Gasteiger partial charge in [0.2, 0.25) is 5.91 Å². The number of carbonyl (C=O) groups is 1. The molecule has 1 unspecified atom stereocenters. The van der Waals surface area contributed by atoms with Gasteiger partial charge in [0.1, 0.15) is 11.5 Å². The molecule has 1 rings (SSSR count). The van der Waals surface area contributed by atoms with Gasteiger partial charge in [-0.3, -0.25) is 4.79 Å². The van der Waals surface area contributed by atoms with Crippen LogP contribution in [-0.2, 0) is 11.3 Å². The van der Waals surface area contributed by atoms with Crippen LogP contribution in [0.25, 0.3) is 0 Å². The zero-order valence-corrected chi connectivity index (χ0v) is 11.3. The third kappa shape index (κ3) is 5.70. The van der Waals surface area contributed by atoms with Crippen LogP contribution in [0, 0.1) is 6.92 Å². The van der Waals surface area contributed by atoms with Crippen LogP contribution in [0.2, 0.25) is 0 Å². The molecule has 2 N–H and O–H groups in total. The fourth-order valence-electron chi connectivity index (χ4n) is 1.37. The smallest absolute Gasteiger partial charge is 0.222 e. The second-order valence-electron chi connectivity index (χ2n) is 4.19. The maximum absolute atomic E-state index is 11.7. The molecule has 1 amide bonds. The minimum absolute atomic E-state index is 0. The second kappa shape index (κ2) is 7.29. The van der Waals surface area contributed by atoms with Gasteiger partial charge in [-0.15, -0.1) is 12.4 Å². The van der Waals surface area contributed by atoms with Gasteiger partial charge in [0.05, 0.1) is 6.54 Å².